The van der Waals surface area contributed by atoms with Crippen LogP contribution in [0.3, 0.4) is 0 Å². The van der Waals surface area contributed by atoms with Gasteiger partial charge in [0.2, 0.25) is 39.6 Å². The van der Waals surface area contributed by atoms with Crippen molar-refractivity contribution in [2.45, 2.75) is 103 Å². The van der Waals surface area contributed by atoms with Crippen LogP contribution in [0.5, 0.6) is 0 Å². The lowest BCUT2D eigenvalue weighted by Crippen LogP contribution is -2.58. The summed E-state index contributed by atoms with van der Waals surface area (Å²) in [6.45, 7) is 17.9. The number of hydrogen-bond acceptors (Lipinski definition) is 15. The van der Waals surface area contributed by atoms with Gasteiger partial charge in [-0.3, -0.25) is 24.1 Å². The Morgan fingerprint density at radius 1 is 0.849 bits per heavy atom. The smallest absolute Gasteiger partial charge is 0.246 e. The molecule has 2 aromatic heterocycles. The fourth-order valence-electron chi connectivity index (χ4n) is 8.61. The second kappa shape index (κ2) is 23.1. The minimum atomic E-state index is -3.73. The van der Waals surface area contributed by atoms with E-state index in [4.69, 9.17) is 0 Å². The summed E-state index contributed by atoms with van der Waals surface area (Å²) >= 11 is 1.57. The first-order valence-electron chi connectivity index (χ1n) is 24.4. The third-order valence-electron chi connectivity index (χ3n) is 12.4. The van der Waals surface area contributed by atoms with Crippen LogP contribution in [0.25, 0.3) is 10.4 Å². The van der Waals surface area contributed by atoms with Crippen molar-refractivity contribution in [2.24, 2.45) is 5.41 Å². The molecule has 0 spiro atoms. The Balaban J connectivity index is 0.830. The van der Waals surface area contributed by atoms with Crippen molar-refractivity contribution in [1.82, 2.24) is 45.4 Å². The molecule has 73 heavy (non-hydrogen) atoms. The normalized spacial score (nSPS) is 16.9. The molecule has 0 bridgehead atoms. The number of carbonyl (C=O) groups excluding carboxylic acids is 4. The number of likely N-dealkylation sites (tertiary alicyclic amines) is 1. The molecule has 19 nitrogen and oxygen atoms in total. The van der Waals surface area contributed by atoms with Crippen molar-refractivity contribution in [2.75, 3.05) is 61.3 Å². The van der Waals surface area contributed by atoms with Crippen molar-refractivity contribution in [3.63, 3.8) is 0 Å². The SMILES string of the molecule is Cc1cnc(Nc2ccc(N3CCN(CC(=O)NCCC(=O)NC(C(=O)N4C[C@H](O)C[C@H]4C(=O)NCc4ccc(-c5scnc5C)cc4)C(C)(C)C)CC3)cc2)nc1Nc1cccc(S(=O)(=O)NC(C)(C)C)c1. The zero-order valence-corrected chi connectivity index (χ0v) is 44.4. The summed E-state index contributed by atoms with van der Waals surface area (Å²) in [5.41, 5.74) is 6.48. The van der Waals surface area contributed by atoms with Crippen LogP contribution >= 0.6 is 11.3 Å². The van der Waals surface area contributed by atoms with Gasteiger partial charge in [0.15, 0.2) is 0 Å². The number of aryl methyl sites for hydroxylation is 2. The number of nitrogens with zero attached hydrogens (tertiary/aromatic N) is 6. The summed E-state index contributed by atoms with van der Waals surface area (Å²) in [6.07, 6.45) is 0.830. The van der Waals surface area contributed by atoms with Gasteiger partial charge >= 0.3 is 0 Å². The molecule has 0 aliphatic carbocycles. The second-order valence-corrected chi connectivity index (χ2v) is 23.2. The lowest BCUT2D eigenvalue weighted by atomic mass is 9.85. The Hall–Kier alpha value is -6.52. The number of aliphatic hydroxyl groups excluding tert-OH is 1. The molecule has 7 rings (SSSR count). The Kier molecular flexibility index (Phi) is 17.2. The van der Waals surface area contributed by atoms with Gasteiger partial charge in [0.1, 0.15) is 17.9 Å². The van der Waals surface area contributed by atoms with Crippen molar-refractivity contribution in [3.8, 4) is 10.4 Å². The Bertz CT molecular complexity index is 2860. The summed E-state index contributed by atoms with van der Waals surface area (Å²) in [6, 6.07) is 20.4. The summed E-state index contributed by atoms with van der Waals surface area (Å²) in [4.78, 5) is 74.1. The van der Waals surface area contributed by atoms with Gasteiger partial charge in [-0.2, -0.15) is 4.98 Å². The van der Waals surface area contributed by atoms with E-state index in [2.05, 4.69) is 56.1 Å². The number of hydrogen-bond donors (Lipinski definition) is 7. The Labute approximate surface area is 432 Å². The lowest BCUT2D eigenvalue weighted by Gasteiger charge is -2.36. The quantitative estimate of drug-likeness (QED) is 0.0596. The molecule has 2 saturated heterocycles. The minimum absolute atomic E-state index is 0.0324. The van der Waals surface area contributed by atoms with Gasteiger partial charge in [-0.1, -0.05) is 51.1 Å². The first-order valence-corrected chi connectivity index (χ1v) is 26.8. The van der Waals surface area contributed by atoms with Gasteiger partial charge in [0.05, 0.1) is 33.6 Å². The summed E-state index contributed by atoms with van der Waals surface area (Å²) < 4.78 is 28.6. The molecule has 3 atom stereocenters. The van der Waals surface area contributed by atoms with Gasteiger partial charge in [-0.25, -0.2) is 23.1 Å². The Morgan fingerprint density at radius 2 is 1.56 bits per heavy atom. The maximum Gasteiger partial charge on any atom is 0.246 e. The van der Waals surface area contributed by atoms with E-state index >= 15 is 0 Å². The van der Waals surface area contributed by atoms with E-state index in [0.717, 1.165) is 38.6 Å². The number of amides is 4. The molecular weight excluding hydrogens is 969 g/mol. The van der Waals surface area contributed by atoms with Crippen LogP contribution in [0.2, 0.25) is 0 Å². The summed E-state index contributed by atoms with van der Waals surface area (Å²) in [5, 5.41) is 25.7. The highest BCUT2D eigenvalue weighted by Crippen LogP contribution is 2.30. The highest BCUT2D eigenvalue weighted by atomic mass is 32.2. The average Bonchev–Trinajstić information content (AvgIpc) is 3.95. The van der Waals surface area contributed by atoms with Crippen LogP contribution in [0.1, 0.15) is 71.2 Å². The topological polar surface area (TPSA) is 243 Å². The van der Waals surface area contributed by atoms with E-state index in [0.29, 0.717) is 43.6 Å². The fourth-order valence-corrected chi connectivity index (χ4v) is 10.9. The Morgan fingerprint density at radius 3 is 2.22 bits per heavy atom. The van der Waals surface area contributed by atoms with Gasteiger partial charge in [0, 0.05) is 93.0 Å². The zero-order chi connectivity index (χ0) is 52.7. The number of rotatable bonds is 18. The van der Waals surface area contributed by atoms with E-state index < -0.39 is 51.0 Å². The number of β-amino-alcohol motifs (C(OH)–C–C–N with tert-alkyl or cyclic N) is 1. The van der Waals surface area contributed by atoms with E-state index in [1.54, 1.807) is 62.6 Å². The molecule has 7 N–H and O–H groups in total. The van der Waals surface area contributed by atoms with Crippen LogP contribution in [0.4, 0.5) is 28.8 Å². The largest absolute Gasteiger partial charge is 0.391 e. The maximum absolute atomic E-state index is 14.1. The average molecular weight is 1040 g/mol. The fraction of sp³-hybridized carbons (Fsp3) is 0.442. The van der Waals surface area contributed by atoms with E-state index in [9.17, 15) is 32.7 Å². The number of carbonyl (C=O) groups is 4. The van der Waals surface area contributed by atoms with Crippen LogP contribution in [0, 0.1) is 19.3 Å². The number of aromatic nitrogens is 3. The first-order chi connectivity index (χ1) is 34.5. The number of piperazine rings is 1. The van der Waals surface area contributed by atoms with Gasteiger partial charge in [-0.15, -0.1) is 11.3 Å². The highest BCUT2D eigenvalue weighted by Gasteiger charge is 2.44. The molecule has 3 aromatic carbocycles. The van der Waals surface area contributed by atoms with Crippen LogP contribution in [0.15, 0.2) is 89.4 Å². The number of anilines is 5. The number of aliphatic hydroxyl groups is 1. The zero-order valence-electron chi connectivity index (χ0n) is 42.8. The number of thiazole rings is 1. The third kappa shape index (κ3) is 14.8. The van der Waals surface area contributed by atoms with Crippen LogP contribution < -0.4 is 36.2 Å². The number of nitrogens with one attached hydrogen (secondary N) is 6. The van der Waals surface area contributed by atoms with Crippen molar-refractivity contribution in [1.29, 1.82) is 0 Å². The molecule has 5 aromatic rings. The molecule has 2 aliphatic heterocycles. The summed E-state index contributed by atoms with van der Waals surface area (Å²) in [7, 11) is -3.73. The number of benzene rings is 3. The molecule has 4 heterocycles. The molecule has 1 unspecified atom stereocenters. The summed E-state index contributed by atoms with van der Waals surface area (Å²) in [5.74, 6) is -0.577. The van der Waals surface area contributed by atoms with Crippen molar-refractivity contribution in [3.05, 3.63) is 101 Å². The van der Waals surface area contributed by atoms with Crippen LogP contribution in [-0.4, -0.2) is 131 Å². The van der Waals surface area contributed by atoms with Gasteiger partial charge in [-0.05, 0) is 93.6 Å². The molecule has 2 aliphatic rings. The molecule has 0 saturated carbocycles. The van der Waals surface area contributed by atoms with E-state index in [1.165, 1.54) is 4.90 Å². The highest BCUT2D eigenvalue weighted by molar-refractivity contribution is 7.89. The standard InChI is InChI=1S/C52H68N12O7S2/c1-33-28-55-50(60-47(33)57-38-10-9-11-41(26-38)73(70,71)61-52(6,7)8)58-37-16-18-39(19-17-37)63-24-22-62(23-25-63)31-44(67)53-21-20-43(66)59-46(51(3,4)5)49(69)64-30-40(65)27-42(64)48(68)54-29-35-12-14-36(15-13-35)45-34(2)56-32-72-45/h9-19,26,28,32,40,42,46,61,65H,20-25,27,29-31H2,1-8H3,(H,53,67)(H,54,68)(H,59,66)(H2,55,57,58,60)/t40-,42+,46?/m1/s1. The molecule has 21 heteroatoms. The molecule has 4 amide bonds. The first kappa shape index (κ1) is 54.3. The predicted molar refractivity (Wildman–Crippen MR) is 284 cm³/mol. The van der Waals surface area contributed by atoms with Crippen molar-refractivity contribution >= 4 is 73.8 Å². The molecule has 2 fully saturated rings. The molecule has 0 radical (unpaired) electrons. The van der Waals surface area contributed by atoms with E-state index in [-0.39, 0.29) is 55.7 Å². The van der Waals surface area contributed by atoms with E-state index in [1.807, 2.05) is 88.7 Å². The lowest BCUT2D eigenvalue weighted by molar-refractivity contribution is -0.144. The molecular formula is C52H68N12O7S2. The van der Waals surface area contributed by atoms with Crippen LogP contribution in [-0.2, 0) is 35.7 Å². The van der Waals surface area contributed by atoms with Gasteiger partial charge < -0.3 is 41.5 Å². The minimum Gasteiger partial charge on any atom is -0.391 e. The third-order valence-corrected chi connectivity index (χ3v) is 15.2. The maximum atomic E-state index is 14.1. The van der Waals surface area contributed by atoms with Crippen molar-refractivity contribution < 1.29 is 32.7 Å². The molecule has 390 valence electrons. The predicted octanol–water partition coefficient (Wildman–Crippen LogP) is 5.22. The van der Waals surface area contributed by atoms with Gasteiger partial charge in [0.25, 0.3) is 0 Å². The monoisotopic (exact) mass is 1040 g/mol. The second-order valence-electron chi connectivity index (χ2n) is 20.7. The number of sulfonamides is 1.